The molecule has 20 heavy (non-hydrogen) atoms. The van der Waals surface area contributed by atoms with Crippen molar-refractivity contribution in [2.24, 2.45) is 0 Å². The van der Waals surface area contributed by atoms with Crippen molar-refractivity contribution in [3.63, 3.8) is 0 Å². The number of hydrogen-bond acceptors (Lipinski definition) is 5. The Balaban J connectivity index is 2.05. The van der Waals surface area contributed by atoms with Gasteiger partial charge in [-0.3, -0.25) is 9.88 Å². The van der Waals surface area contributed by atoms with Gasteiger partial charge in [0.15, 0.2) is 5.82 Å². The second-order valence-electron chi connectivity index (χ2n) is 4.58. The number of terminal acetylenes is 1. The van der Waals surface area contributed by atoms with Crippen LogP contribution in [0.1, 0.15) is 30.0 Å². The lowest BCUT2D eigenvalue weighted by molar-refractivity contribution is 0.239. The van der Waals surface area contributed by atoms with Crippen molar-refractivity contribution in [1.29, 1.82) is 0 Å². The van der Waals surface area contributed by atoms with Crippen LogP contribution in [0.5, 0.6) is 0 Å². The standard InChI is InChI=1S/C15H18N4O/c1-4-9-19(10-13-8-6-7-12(3)16-13)11-15-17-14(5-2)18-20-15/h1,6-8H,5,9-11H2,2-3H3. The Morgan fingerprint density at radius 1 is 1.30 bits per heavy atom. The van der Waals surface area contributed by atoms with Crippen molar-refractivity contribution < 1.29 is 4.52 Å². The molecule has 0 aliphatic rings. The third-order valence-corrected chi connectivity index (χ3v) is 2.83. The van der Waals surface area contributed by atoms with Gasteiger partial charge in [0.1, 0.15) is 0 Å². The SMILES string of the molecule is C#CCN(Cc1cccc(C)n1)Cc1nc(CC)no1. The molecule has 2 heterocycles. The highest BCUT2D eigenvalue weighted by atomic mass is 16.5. The van der Waals surface area contributed by atoms with Crippen molar-refractivity contribution in [3.05, 3.63) is 41.3 Å². The van der Waals surface area contributed by atoms with E-state index in [4.69, 9.17) is 10.9 Å². The molecule has 0 saturated heterocycles. The van der Waals surface area contributed by atoms with Crippen LogP contribution in [-0.2, 0) is 19.5 Å². The van der Waals surface area contributed by atoms with Crippen molar-refractivity contribution >= 4 is 0 Å². The first kappa shape index (κ1) is 14.2. The zero-order chi connectivity index (χ0) is 14.4. The zero-order valence-corrected chi connectivity index (χ0v) is 11.8. The minimum atomic E-state index is 0.513. The van der Waals surface area contributed by atoms with Gasteiger partial charge in [0.25, 0.3) is 0 Å². The lowest BCUT2D eigenvalue weighted by Gasteiger charge is -2.17. The summed E-state index contributed by atoms with van der Waals surface area (Å²) in [6.07, 6.45) is 6.18. The molecule has 0 N–H and O–H groups in total. The minimum Gasteiger partial charge on any atom is -0.338 e. The van der Waals surface area contributed by atoms with Crippen LogP contribution in [0.3, 0.4) is 0 Å². The number of hydrogen-bond donors (Lipinski definition) is 0. The van der Waals surface area contributed by atoms with Crippen LogP contribution in [-0.4, -0.2) is 26.6 Å². The molecule has 0 saturated carbocycles. The maximum absolute atomic E-state index is 5.42. The maximum Gasteiger partial charge on any atom is 0.240 e. The lowest BCUT2D eigenvalue weighted by atomic mass is 10.3. The van der Waals surface area contributed by atoms with E-state index in [1.54, 1.807) is 0 Å². The van der Waals surface area contributed by atoms with Gasteiger partial charge in [-0.05, 0) is 19.1 Å². The van der Waals surface area contributed by atoms with Gasteiger partial charge in [0, 0.05) is 18.7 Å². The number of aryl methyl sites for hydroxylation is 2. The topological polar surface area (TPSA) is 55.1 Å². The van der Waals surface area contributed by atoms with Crippen LogP contribution < -0.4 is 0 Å². The van der Waals surface area contributed by atoms with Crippen LogP contribution in [0, 0.1) is 19.3 Å². The molecule has 5 heteroatoms. The molecule has 0 bridgehead atoms. The second-order valence-corrected chi connectivity index (χ2v) is 4.58. The predicted octanol–water partition coefficient (Wildman–Crippen LogP) is 1.97. The normalized spacial score (nSPS) is 10.7. The average molecular weight is 270 g/mol. The molecule has 0 fully saturated rings. The summed E-state index contributed by atoms with van der Waals surface area (Å²) in [5.74, 6) is 3.96. The smallest absolute Gasteiger partial charge is 0.240 e. The summed E-state index contributed by atoms with van der Waals surface area (Å²) in [5.41, 5.74) is 1.98. The monoisotopic (exact) mass is 270 g/mol. The van der Waals surface area contributed by atoms with Gasteiger partial charge < -0.3 is 4.52 Å². The van der Waals surface area contributed by atoms with Gasteiger partial charge in [0.2, 0.25) is 5.89 Å². The minimum absolute atomic E-state index is 0.513. The first-order chi connectivity index (χ1) is 9.71. The summed E-state index contributed by atoms with van der Waals surface area (Å²) < 4.78 is 5.20. The van der Waals surface area contributed by atoms with Gasteiger partial charge >= 0.3 is 0 Å². The highest BCUT2D eigenvalue weighted by molar-refractivity contribution is 5.10. The molecule has 0 aliphatic carbocycles. The number of pyridine rings is 1. The fourth-order valence-electron chi connectivity index (χ4n) is 1.90. The third-order valence-electron chi connectivity index (χ3n) is 2.83. The van der Waals surface area contributed by atoms with Crippen molar-refractivity contribution in [2.75, 3.05) is 6.54 Å². The van der Waals surface area contributed by atoms with Crippen molar-refractivity contribution in [3.8, 4) is 12.3 Å². The summed E-state index contributed by atoms with van der Waals surface area (Å²) in [6.45, 7) is 5.67. The number of nitrogens with zero attached hydrogens (tertiary/aromatic N) is 4. The molecule has 2 rings (SSSR count). The molecular formula is C15H18N4O. The largest absolute Gasteiger partial charge is 0.338 e. The summed E-state index contributed by atoms with van der Waals surface area (Å²) in [6, 6.07) is 5.95. The van der Waals surface area contributed by atoms with Gasteiger partial charge in [-0.2, -0.15) is 4.98 Å². The van der Waals surface area contributed by atoms with E-state index in [0.717, 1.165) is 17.8 Å². The van der Waals surface area contributed by atoms with Crippen LogP contribution >= 0.6 is 0 Å². The molecule has 0 aromatic carbocycles. The fourth-order valence-corrected chi connectivity index (χ4v) is 1.90. The molecular weight excluding hydrogens is 252 g/mol. The number of aromatic nitrogens is 3. The van der Waals surface area contributed by atoms with Crippen LogP contribution in [0.15, 0.2) is 22.7 Å². The van der Waals surface area contributed by atoms with E-state index in [2.05, 4.69) is 25.9 Å². The predicted molar refractivity (Wildman–Crippen MR) is 75.6 cm³/mol. The molecule has 0 amide bonds. The molecule has 104 valence electrons. The summed E-state index contributed by atoms with van der Waals surface area (Å²) >= 11 is 0. The first-order valence-corrected chi connectivity index (χ1v) is 6.61. The van der Waals surface area contributed by atoms with E-state index < -0.39 is 0 Å². The lowest BCUT2D eigenvalue weighted by Crippen LogP contribution is -2.24. The van der Waals surface area contributed by atoms with Gasteiger partial charge in [-0.25, -0.2) is 0 Å². The molecule has 2 aromatic heterocycles. The molecule has 0 atom stereocenters. The molecule has 0 radical (unpaired) electrons. The highest BCUT2D eigenvalue weighted by Gasteiger charge is 2.12. The van der Waals surface area contributed by atoms with E-state index in [1.807, 2.05) is 32.0 Å². The van der Waals surface area contributed by atoms with E-state index in [9.17, 15) is 0 Å². The Morgan fingerprint density at radius 3 is 2.80 bits per heavy atom. The number of rotatable bonds is 6. The zero-order valence-electron chi connectivity index (χ0n) is 11.8. The molecule has 2 aromatic rings. The van der Waals surface area contributed by atoms with Crippen molar-refractivity contribution in [1.82, 2.24) is 20.0 Å². The van der Waals surface area contributed by atoms with E-state index in [0.29, 0.717) is 31.3 Å². The van der Waals surface area contributed by atoms with Gasteiger partial charge in [-0.15, -0.1) is 6.42 Å². The van der Waals surface area contributed by atoms with Crippen LogP contribution in [0.25, 0.3) is 0 Å². The van der Waals surface area contributed by atoms with E-state index >= 15 is 0 Å². The Bertz CT molecular complexity index is 600. The summed E-state index contributed by atoms with van der Waals surface area (Å²) in [4.78, 5) is 10.8. The highest BCUT2D eigenvalue weighted by Crippen LogP contribution is 2.08. The molecule has 0 aliphatic heterocycles. The fraction of sp³-hybridized carbons (Fsp3) is 0.400. The Labute approximate surface area is 119 Å². The Kier molecular flexibility index (Phi) is 4.85. The van der Waals surface area contributed by atoms with Gasteiger partial charge in [-0.1, -0.05) is 24.1 Å². The van der Waals surface area contributed by atoms with Crippen molar-refractivity contribution in [2.45, 2.75) is 33.4 Å². The molecule has 5 nitrogen and oxygen atoms in total. The van der Waals surface area contributed by atoms with E-state index in [1.165, 1.54) is 0 Å². The van der Waals surface area contributed by atoms with E-state index in [-0.39, 0.29) is 0 Å². The Hall–Kier alpha value is -2.19. The van der Waals surface area contributed by atoms with Crippen LogP contribution in [0.4, 0.5) is 0 Å². The average Bonchev–Trinajstić information content (AvgIpc) is 2.87. The van der Waals surface area contributed by atoms with Gasteiger partial charge in [0.05, 0.1) is 18.8 Å². The molecule has 0 spiro atoms. The maximum atomic E-state index is 5.42. The molecule has 0 unspecified atom stereocenters. The summed E-state index contributed by atoms with van der Waals surface area (Å²) in [5, 5.41) is 3.89. The second kappa shape index (κ2) is 6.83. The Morgan fingerprint density at radius 2 is 2.15 bits per heavy atom. The summed E-state index contributed by atoms with van der Waals surface area (Å²) in [7, 11) is 0. The van der Waals surface area contributed by atoms with Crippen LogP contribution in [0.2, 0.25) is 0 Å². The first-order valence-electron chi connectivity index (χ1n) is 6.61. The quantitative estimate of drug-likeness (QED) is 0.751. The third kappa shape index (κ3) is 3.90.